The molecule has 0 aromatic heterocycles. The maximum absolute atomic E-state index is 12.0. The Balaban J connectivity index is 2.06. The van der Waals surface area contributed by atoms with Gasteiger partial charge in [-0.1, -0.05) is 12.2 Å². The van der Waals surface area contributed by atoms with Crippen LogP contribution in [0.3, 0.4) is 0 Å². The normalized spacial score (nSPS) is 22.8. The Hall–Kier alpha value is -0.880. The third-order valence-corrected chi connectivity index (χ3v) is 3.57. The van der Waals surface area contributed by atoms with Gasteiger partial charge in [0.15, 0.2) is 0 Å². The minimum atomic E-state index is -0.0938. The van der Waals surface area contributed by atoms with Gasteiger partial charge in [-0.15, -0.1) is 0 Å². The number of anilines is 1. The maximum atomic E-state index is 12.0. The molecule has 90 valence electrons. The first kappa shape index (κ1) is 12.6. The van der Waals surface area contributed by atoms with Crippen LogP contribution in [-0.2, 0) is 4.79 Å². The molecule has 2 unspecified atom stereocenters. The summed E-state index contributed by atoms with van der Waals surface area (Å²) in [5, 5.41) is 2.95. The maximum Gasteiger partial charge on any atom is 0.231 e. The third kappa shape index (κ3) is 3.07. The topological polar surface area (TPSA) is 55.1 Å². The van der Waals surface area contributed by atoms with Crippen LogP contribution in [0, 0.1) is 16.4 Å². The van der Waals surface area contributed by atoms with Crippen molar-refractivity contribution in [3.8, 4) is 0 Å². The van der Waals surface area contributed by atoms with Gasteiger partial charge in [-0.05, 0) is 59.7 Å². The van der Waals surface area contributed by atoms with Crippen molar-refractivity contribution in [1.29, 1.82) is 0 Å². The summed E-state index contributed by atoms with van der Waals surface area (Å²) in [4.78, 5) is 12.0. The molecule has 4 heteroatoms. The average Bonchev–Trinajstić information content (AvgIpc) is 2.69. The molecule has 0 fully saturated rings. The Morgan fingerprint density at radius 1 is 1.47 bits per heavy atom. The SMILES string of the molecule is Cc1cc(I)ccc1NC(=O)C1C=CC(N)C1. The van der Waals surface area contributed by atoms with E-state index in [9.17, 15) is 4.79 Å². The number of hydrogen-bond donors (Lipinski definition) is 2. The fraction of sp³-hybridized carbons (Fsp3) is 0.308. The molecule has 3 N–H and O–H groups in total. The number of carbonyl (C=O) groups is 1. The predicted molar refractivity (Wildman–Crippen MR) is 77.7 cm³/mol. The highest BCUT2D eigenvalue weighted by atomic mass is 127. The van der Waals surface area contributed by atoms with Crippen LogP contribution >= 0.6 is 22.6 Å². The van der Waals surface area contributed by atoms with E-state index in [1.54, 1.807) is 0 Å². The van der Waals surface area contributed by atoms with Gasteiger partial charge in [0.2, 0.25) is 5.91 Å². The van der Waals surface area contributed by atoms with Crippen LogP contribution in [0.2, 0.25) is 0 Å². The van der Waals surface area contributed by atoms with E-state index in [4.69, 9.17) is 5.73 Å². The summed E-state index contributed by atoms with van der Waals surface area (Å²) < 4.78 is 1.17. The van der Waals surface area contributed by atoms with Crippen molar-refractivity contribution in [2.75, 3.05) is 5.32 Å². The van der Waals surface area contributed by atoms with E-state index < -0.39 is 0 Å². The van der Waals surface area contributed by atoms with E-state index in [1.807, 2.05) is 37.3 Å². The van der Waals surface area contributed by atoms with E-state index in [-0.39, 0.29) is 17.9 Å². The summed E-state index contributed by atoms with van der Waals surface area (Å²) >= 11 is 2.26. The molecule has 0 radical (unpaired) electrons. The molecule has 1 aliphatic carbocycles. The first-order chi connectivity index (χ1) is 8.06. The van der Waals surface area contributed by atoms with Gasteiger partial charge in [0.05, 0.1) is 5.92 Å². The molecule has 1 aromatic carbocycles. The molecule has 3 nitrogen and oxygen atoms in total. The lowest BCUT2D eigenvalue weighted by atomic mass is 10.1. The second kappa shape index (κ2) is 5.18. The van der Waals surface area contributed by atoms with E-state index >= 15 is 0 Å². The minimum Gasteiger partial charge on any atom is -0.325 e. The molecule has 1 aromatic rings. The molecule has 2 atom stereocenters. The molecule has 17 heavy (non-hydrogen) atoms. The van der Waals surface area contributed by atoms with Crippen molar-refractivity contribution in [2.45, 2.75) is 19.4 Å². The van der Waals surface area contributed by atoms with Gasteiger partial charge in [-0.3, -0.25) is 4.79 Å². The Morgan fingerprint density at radius 2 is 2.24 bits per heavy atom. The Kier molecular flexibility index (Phi) is 3.83. The number of aryl methyl sites for hydroxylation is 1. The van der Waals surface area contributed by atoms with E-state index in [0.717, 1.165) is 11.3 Å². The summed E-state index contributed by atoms with van der Waals surface area (Å²) in [5.41, 5.74) is 7.70. The lowest BCUT2D eigenvalue weighted by Gasteiger charge is -2.12. The second-order valence-corrected chi connectivity index (χ2v) is 5.59. The van der Waals surface area contributed by atoms with Crippen LogP contribution in [0.4, 0.5) is 5.69 Å². The van der Waals surface area contributed by atoms with Crippen molar-refractivity contribution in [2.24, 2.45) is 11.7 Å². The summed E-state index contributed by atoms with van der Waals surface area (Å²) in [7, 11) is 0. The van der Waals surface area contributed by atoms with E-state index in [0.29, 0.717) is 6.42 Å². The highest BCUT2D eigenvalue weighted by Gasteiger charge is 2.22. The zero-order chi connectivity index (χ0) is 12.4. The number of halogens is 1. The van der Waals surface area contributed by atoms with Crippen LogP contribution in [0.5, 0.6) is 0 Å². The van der Waals surface area contributed by atoms with Crippen LogP contribution < -0.4 is 11.1 Å². The lowest BCUT2D eigenvalue weighted by Crippen LogP contribution is -2.24. The highest BCUT2D eigenvalue weighted by molar-refractivity contribution is 14.1. The summed E-state index contributed by atoms with van der Waals surface area (Å²) in [6.45, 7) is 1.99. The number of nitrogens with one attached hydrogen (secondary N) is 1. The average molecular weight is 342 g/mol. The zero-order valence-corrected chi connectivity index (χ0v) is 11.8. The Bertz CT molecular complexity index is 470. The van der Waals surface area contributed by atoms with E-state index in [2.05, 4.69) is 27.9 Å². The van der Waals surface area contributed by atoms with Crippen molar-refractivity contribution >= 4 is 34.2 Å². The van der Waals surface area contributed by atoms with Gasteiger partial charge in [-0.2, -0.15) is 0 Å². The zero-order valence-electron chi connectivity index (χ0n) is 9.61. The monoisotopic (exact) mass is 342 g/mol. The van der Waals surface area contributed by atoms with Crippen molar-refractivity contribution in [1.82, 2.24) is 0 Å². The number of amides is 1. The van der Waals surface area contributed by atoms with Gasteiger partial charge >= 0.3 is 0 Å². The quantitative estimate of drug-likeness (QED) is 0.641. The van der Waals surface area contributed by atoms with Gasteiger partial charge in [0.1, 0.15) is 0 Å². The van der Waals surface area contributed by atoms with Crippen LogP contribution in [-0.4, -0.2) is 11.9 Å². The van der Waals surface area contributed by atoms with Gasteiger partial charge in [0.25, 0.3) is 0 Å². The molecule has 0 spiro atoms. The van der Waals surface area contributed by atoms with E-state index in [1.165, 1.54) is 3.57 Å². The van der Waals surface area contributed by atoms with Gasteiger partial charge in [-0.25, -0.2) is 0 Å². The number of nitrogens with two attached hydrogens (primary N) is 1. The Labute approximate surface area is 115 Å². The third-order valence-electron chi connectivity index (χ3n) is 2.90. The molecular weight excluding hydrogens is 327 g/mol. The fourth-order valence-corrected chi connectivity index (χ4v) is 2.56. The summed E-state index contributed by atoms with van der Waals surface area (Å²) in [6.07, 6.45) is 4.49. The molecule has 0 saturated heterocycles. The molecule has 0 bridgehead atoms. The highest BCUT2D eigenvalue weighted by Crippen LogP contribution is 2.21. The van der Waals surface area contributed by atoms with Gasteiger partial charge in [0, 0.05) is 15.3 Å². The first-order valence-corrected chi connectivity index (χ1v) is 6.65. The summed E-state index contributed by atoms with van der Waals surface area (Å²) in [6, 6.07) is 5.99. The van der Waals surface area contributed by atoms with Crippen molar-refractivity contribution in [3.63, 3.8) is 0 Å². The molecular formula is C13H15IN2O. The second-order valence-electron chi connectivity index (χ2n) is 4.34. The standard InChI is InChI=1S/C13H15IN2O/c1-8-6-10(14)3-5-12(8)16-13(17)9-2-4-11(15)7-9/h2-6,9,11H,7,15H2,1H3,(H,16,17). The van der Waals surface area contributed by atoms with Crippen LogP contribution in [0.25, 0.3) is 0 Å². The van der Waals surface area contributed by atoms with Crippen molar-refractivity contribution < 1.29 is 4.79 Å². The molecule has 1 amide bonds. The van der Waals surface area contributed by atoms with Gasteiger partial charge < -0.3 is 11.1 Å². The molecule has 0 heterocycles. The largest absolute Gasteiger partial charge is 0.325 e. The molecule has 1 aliphatic rings. The number of carbonyl (C=O) groups excluding carboxylic acids is 1. The van der Waals surface area contributed by atoms with Crippen LogP contribution in [0.1, 0.15) is 12.0 Å². The fourth-order valence-electron chi connectivity index (χ4n) is 1.91. The number of benzene rings is 1. The lowest BCUT2D eigenvalue weighted by molar-refractivity contribution is -0.118. The predicted octanol–water partition coefficient (Wildman–Crippen LogP) is 2.44. The van der Waals surface area contributed by atoms with Crippen molar-refractivity contribution in [3.05, 3.63) is 39.5 Å². The summed E-state index contributed by atoms with van der Waals surface area (Å²) in [5.74, 6) is -0.0674. The first-order valence-electron chi connectivity index (χ1n) is 5.57. The molecule has 0 aliphatic heterocycles. The van der Waals surface area contributed by atoms with Crippen LogP contribution in [0.15, 0.2) is 30.4 Å². The number of hydrogen-bond acceptors (Lipinski definition) is 2. The minimum absolute atomic E-state index is 0.0172. The Morgan fingerprint density at radius 3 is 2.82 bits per heavy atom. The molecule has 0 saturated carbocycles. The smallest absolute Gasteiger partial charge is 0.231 e. The molecule has 2 rings (SSSR count). The number of rotatable bonds is 2.